The van der Waals surface area contributed by atoms with E-state index >= 15 is 0 Å². The van der Waals surface area contributed by atoms with Crippen molar-refractivity contribution in [2.45, 2.75) is 52.2 Å². The van der Waals surface area contributed by atoms with Gasteiger partial charge in [0.05, 0.1) is 30.5 Å². The number of nitrogens with zero attached hydrogens (tertiary/aromatic N) is 4. The van der Waals surface area contributed by atoms with Crippen LogP contribution in [0.4, 0.5) is 10.3 Å². The SMILES string of the molecule is CCC(C)Oc1cnc(N2CCCCC2)n(Cc2cc(F)ccc2C#N)c1=O. The van der Waals surface area contributed by atoms with Crippen molar-refractivity contribution in [1.82, 2.24) is 9.55 Å². The van der Waals surface area contributed by atoms with Gasteiger partial charge in [-0.15, -0.1) is 0 Å². The molecule has 0 aliphatic carbocycles. The van der Waals surface area contributed by atoms with Crippen molar-refractivity contribution in [3.8, 4) is 11.8 Å². The van der Waals surface area contributed by atoms with Gasteiger partial charge < -0.3 is 9.64 Å². The van der Waals surface area contributed by atoms with E-state index in [1.165, 1.54) is 29.0 Å². The summed E-state index contributed by atoms with van der Waals surface area (Å²) in [5.74, 6) is 0.265. The van der Waals surface area contributed by atoms with Crippen LogP contribution in [-0.2, 0) is 6.54 Å². The molecule has 1 aliphatic heterocycles. The van der Waals surface area contributed by atoms with E-state index in [2.05, 4.69) is 16.0 Å². The molecule has 0 amide bonds. The third kappa shape index (κ3) is 4.33. The van der Waals surface area contributed by atoms with Gasteiger partial charge in [0.15, 0.2) is 0 Å². The van der Waals surface area contributed by atoms with Crippen LogP contribution in [0.3, 0.4) is 0 Å². The van der Waals surface area contributed by atoms with Gasteiger partial charge in [-0.2, -0.15) is 5.26 Å². The van der Waals surface area contributed by atoms with Crippen LogP contribution in [0.25, 0.3) is 0 Å². The number of aromatic nitrogens is 2. The number of benzene rings is 1. The van der Waals surface area contributed by atoms with Crippen molar-refractivity contribution in [1.29, 1.82) is 5.26 Å². The summed E-state index contributed by atoms with van der Waals surface area (Å²) in [6.07, 6.45) is 5.34. The molecule has 0 saturated carbocycles. The summed E-state index contributed by atoms with van der Waals surface area (Å²) in [5.41, 5.74) is 0.473. The first-order chi connectivity index (χ1) is 13.5. The van der Waals surface area contributed by atoms with Crippen LogP contribution in [0.5, 0.6) is 5.75 Å². The Morgan fingerprint density at radius 2 is 2.07 bits per heavy atom. The molecule has 0 bridgehead atoms. The molecule has 1 saturated heterocycles. The molecule has 1 aliphatic rings. The molecular formula is C21H25FN4O2. The van der Waals surface area contributed by atoms with Gasteiger partial charge in [0, 0.05) is 13.1 Å². The van der Waals surface area contributed by atoms with Crippen LogP contribution < -0.4 is 15.2 Å². The quantitative estimate of drug-likeness (QED) is 0.763. The molecule has 28 heavy (non-hydrogen) atoms. The Morgan fingerprint density at radius 1 is 1.32 bits per heavy atom. The summed E-state index contributed by atoms with van der Waals surface area (Å²) in [6, 6.07) is 6.05. The molecule has 0 spiro atoms. The Labute approximate surface area is 164 Å². The number of anilines is 1. The zero-order valence-corrected chi connectivity index (χ0v) is 16.3. The topological polar surface area (TPSA) is 71.2 Å². The minimum absolute atomic E-state index is 0.0655. The van der Waals surface area contributed by atoms with Gasteiger partial charge >= 0.3 is 0 Å². The maximum atomic E-state index is 13.8. The van der Waals surface area contributed by atoms with Gasteiger partial charge in [-0.25, -0.2) is 9.37 Å². The molecule has 2 aromatic rings. The van der Waals surface area contributed by atoms with E-state index < -0.39 is 5.82 Å². The van der Waals surface area contributed by atoms with Crippen LogP contribution in [-0.4, -0.2) is 28.7 Å². The molecule has 1 aromatic carbocycles. The molecule has 148 valence electrons. The molecule has 1 aromatic heterocycles. The molecule has 0 radical (unpaired) electrons. The van der Waals surface area contributed by atoms with E-state index in [4.69, 9.17) is 4.74 Å². The highest BCUT2D eigenvalue weighted by Gasteiger charge is 2.21. The minimum atomic E-state index is -0.443. The fraction of sp³-hybridized carbons (Fsp3) is 0.476. The Morgan fingerprint density at radius 3 is 2.75 bits per heavy atom. The summed E-state index contributed by atoms with van der Waals surface area (Å²) in [5, 5.41) is 9.37. The first-order valence-corrected chi connectivity index (χ1v) is 9.73. The van der Waals surface area contributed by atoms with Crippen molar-refractivity contribution >= 4 is 5.95 Å². The maximum absolute atomic E-state index is 13.8. The van der Waals surface area contributed by atoms with Crippen molar-refractivity contribution < 1.29 is 9.13 Å². The lowest BCUT2D eigenvalue weighted by Gasteiger charge is -2.30. The average Bonchev–Trinajstić information content (AvgIpc) is 2.71. The second kappa shape index (κ2) is 8.87. The first-order valence-electron chi connectivity index (χ1n) is 9.73. The van der Waals surface area contributed by atoms with Crippen molar-refractivity contribution in [2.75, 3.05) is 18.0 Å². The van der Waals surface area contributed by atoms with E-state index in [1.807, 2.05) is 13.8 Å². The van der Waals surface area contributed by atoms with Crippen molar-refractivity contribution in [3.63, 3.8) is 0 Å². The lowest BCUT2D eigenvalue weighted by molar-refractivity contribution is 0.212. The normalized spacial score (nSPS) is 15.1. The second-order valence-corrected chi connectivity index (χ2v) is 7.11. The van der Waals surface area contributed by atoms with Crippen LogP contribution in [0, 0.1) is 17.1 Å². The van der Waals surface area contributed by atoms with Crippen molar-refractivity contribution in [2.24, 2.45) is 0 Å². The lowest BCUT2D eigenvalue weighted by Crippen LogP contribution is -2.37. The fourth-order valence-corrected chi connectivity index (χ4v) is 3.31. The smallest absolute Gasteiger partial charge is 0.297 e. The zero-order valence-electron chi connectivity index (χ0n) is 16.3. The van der Waals surface area contributed by atoms with Crippen LogP contribution in [0.2, 0.25) is 0 Å². The van der Waals surface area contributed by atoms with Crippen LogP contribution >= 0.6 is 0 Å². The van der Waals surface area contributed by atoms with Gasteiger partial charge in [0.2, 0.25) is 11.7 Å². The number of hydrogen-bond donors (Lipinski definition) is 0. The minimum Gasteiger partial charge on any atom is -0.484 e. The lowest BCUT2D eigenvalue weighted by atomic mass is 10.1. The highest BCUT2D eigenvalue weighted by molar-refractivity contribution is 5.41. The Hall–Kier alpha value is -2.88. The van der Waals surface area contributed by atoms with Gasteiger partial charge in [-0.3, -0.25) is 9.36 Å². The van der Waals surface area contributed by atoms with Gasteiger partial charge in [0.25, 0.3) is 5.56 Å². The molecule has 2 heterocycles. The molecular weight excluding hydrogens is 359 g/mol. The van der Waals surface area contributed by atoms with E-state index in [0.29, 0.717) is 17.1 Å². The predicted octanol–water partition coefficient (Wildman–Crippen LogP) is 3.47. The highest BCUT2D eigenvalue weighted by atomic mass is 19.1. The van der Waals surface area contributed by atoms with E-state index in [1.54, 1.807) is 0 Å². The second-order valence-electron chi connectivity index (χ2n) is 7.11. The largest absolute Gasteiger partial charge is 0.484 e. The third-order valence-corrected chi connectivity index (χ3v) is 5.05. The number of nitriles is 1. The molecule has 3 rings (SSSR count). The maximum Gasteiger partial charge on any atom is 0.297 e. The molecule has 1 unspecified atom stereocenters. The van der Waals surface area contributed by atoms with E-state index in [0.717, 1.165) is 38.8 Å². The van der Waals surface area contributed by atoms with E-state index in [9.17, 15) is 14.4 Å². The fourth-order valence-electron chi connectivity index (χ4n) is 3.31. The third-order valence-electron chi connectivity index (χ3n) is 5.05. The molecule has 1 fully saturated rings. The molecule has 7 heteroatoms. The van der Waals surface area contributed by atoms with Crippen LogP contribution in [0.1, 0.15) is 50.7 Å². The van der Waals surface area contributed by atoms with Gasteiger partial charge in [-0.05, 0) is 56.4 Å². The zero-order chi connectivity index (χ0) is 20.1. The highest BCUT2D eigenvalue weighted by Crippen LogP contribution is 2.21. The number of ether oxygens (including phenoxy) is 1. The first kappa shape index (κ1) is 19.9. The molecule has 6 nitrogen and oxygen atoms in total. The van der Waals surface area contributed by atoms with Crippen molar-refractivity contribution in [3.05, 3.63) is 51.7 Å². The summed E-state index contributed by atoms with van der Waals surface area (Å²) in [4.78, 5) is 19.8. The molecule has 1 atom stereocenters. The van der Waals surface area contributed by atoms with E-state index in [-0.39, 0.29) is 24.0 Å². The van der Waals surface area contributed by atoms with Gasteiger partial charge in [-0.1, -0.05) is 6.92 Å². The van der Waals surface area contributed by atoms with Gasteiger partial charge in [0.1, 0.15) is 5.82 Å². The Kier molecular flexibility index (Phi) is 6.30. The molecule has 0 N–H and O–H groups in total. The monoisotopic (exact) mass is 384 g/mol. The summed E-state index contributed by atoms with van der Waals surface area (Å²) < 4.78 is 21.0. The average molecular weight is 384 g/mol. The Bertz CT molecular complexity index is 929. The predicted molar refractivity (Wildman–Crippen MR) is 105 cm³/mol. The summed E-state index contributed by atoms with van der Waals surface area (Å²) in [6.45, 7) is 5.56. The Balaban J connectivity index is 2.07. The summed E-state index contributed by atoms with van der Waals surface area (Å²) >= 11 is 0. The number of rotatable bonds is 6. The van der Waals surface area contributed by atoms with Crippen LogP contribution in [0.15, 0.2) is 29.2 Å². The summed E-state index contributed by atoms with van der Waals surface area (Å²) in [7, 11) is 0. The standard InChI is InChI=1S/C21H25FN4O2/c1-3-15(2)28-19-13-24-21(25-9-5-4-6-10-25)26(20(19)27)14-17-11-18(22)8-7-16(17)12-23/h7-8,11,13,15H,3-6,9-10,14H2,1-2H3. The number of halogens is 1. The number of hydrogen-bond acceptors (Lipinski definition) is 5. The number of piperidine rings is 1.